The number of para-hydroxylation sites is 1. The number of rotatable bonds is 4. The maximum atomic E-state index is 10.8. The molecule has 3 rings (SSSR count). The van der Waals surface area contributed by atoms with Gasteiger partial charge in [-0.25, -0.2) is 0 Å². The lowest BCUT2D eigenvalue weighted by Gasteiger charge is -2.28. The minimum absolute atomic E-state index is 0.383. The fourth-order valence-corrected chi connectivity index (χ4v) is 3.31. The van der Waals surface area contributed by atoms with Crippen LogP contribution in [0.15, 0.2) is 24.3 Å². The Morgan fingerprint density at radius 3 is 2.84 bits per heavy atom. The largest absolute Gasteiger partial charge is 0.381 e. The minimum Gasteiger partial charge on any atom is -0.381 e. The third kappa shape index (κ3) is 2.66. The molecule has 19 heavy (non-hydrogen) atoms. The molecule has 1 fully saturated rings. The summed E-state index contributed by atoms with van der Waals surface area (Å²) in [6.07, 6.45) is 4.02. The van der Waals surface area contributed by atoms with E-state index in [1.54, 1.807) is 0 Å². The molecule has 0 saturated carbocycles. The Labute approximate surface area is 114 Å². The van der Waals surface area contributed by atoms with E-state index in [1.165, 1.54) is 11.3 Å². The van der Waals surface area contributed by atoms with Crippen LogP contribution in [-0.2, 0) is 9.53 Å². The normalized spacial score (nSPS) is 23.4. The van der Waals surface area contributed by atoms with Crippen LogP contribution in [0.5, 0.6) is 0 Å². The zero-order valence-electron chi connectivity index (χ0n) is 11.3. The molecule has 2 heterocycles. The zero-order valence-corrected chi connectivity index (χ0v) is 11.3. The van der Waals surface area contributed by atoms with Crippen LogP contribution in [-0.4, -0.2) is 32.6 Å². The van der Waals surface area contributed by atoms with Gasteiger partial charge in [0.15, 0.2) is 0 Å². The number of aldehydes is 1. The molecule has 0 bridgehead atoms. The van der Waals surface area contributed by atoms with Crippen LogP contribution in [0.2, 0.25) is 0 Å². The van der Waals surface area contributed by atoms with Gasteiger partial charge >= 0.3 is 0 Å². The number of fused-ring (bicyclic) bond motifs is 1. The zero-order chi connectivity index (χ0) is 13.1. The van der Waals surface area contributed by atoms with Crippen molar-refractivity contribution in [1.29, 1.82) is 0 Å². The number of ether oxygens (including phenoxy) is 1. The van der Waals surface area contributed by atoms with Crippen molar-refractivity contribution in [3.05, 3.63) is 29.8 Å². The lowest BCUT2D eigenvalue weighted by Crippen LogP contribution is -2.31. The molecule has 0 amide bonds. The van der Waals surface area contributed by atoms with Crippen LogP contribution < -0.4 is 4.90 Å². The van der Waals surface area contributed by atoms with E-state index >= 15 is 0 Å². The maximum absolute atomic E-state index is 10.8. The molecule has 3 heteroatoms. The van der Waals surface area contributed by atoms with Crippen LogP contribution >= 0.6 is 0 Å². The number of hydrogen-bond donors (Lipinski definition) is 0. The monoisotopic (exact) mass is 259 g/mol. The lowest BCUT2D eigenvalue weighted by atomic mass is 9.99. The molecule has 1 aromatic rings. The van der Waals surface area contributed by atoms with E-state index in [0.717, 1.165) is 51.3 Å². The van der Waals surface area contributed by atoms with Crippen LogP contribution in [0.25, 0.3) is 0 Å². The highest BCUT2D eigenvalue weighted by atomic mass is 16.5. The second-order valence-electron chi connectivity index (χ2n) is 5.62. The molecular weight excluding hydrogens is 238 g/mol. The van der Waals surface area contributed by atoms with Gasteiger partial charge in [-0.1, -0.05) is 18.2 Å². The van der Waals surface area contributed by atoms with Crippen LogP contribution in [0.4, 0.5) is 5.69 Å². The van der Waals surface area contributed by atoms with Gasteiger partial charge in [0.25, 0.3) is 0 Å². The van der Waals surface area contributed by atoms with Crippen molar-refractivity contribution in [3.8, 4) is 0 Å². The van der Waals surface area contributed by atoms with Crippen molar-refractivity contribution in [2.75, 3.05) is 31.2 Å². The molecule has 0 radical (unpaired) electrons. The summed E-state index contributed by atoms with van der Waals surface area (Å²) in [4.78, 5) is 13.3. The van der Waals surface area contributed by atoms with Crippen LogP contribution in [0, 0.1) is 5.92 Å². The number of benzene rings is 1. The third-order valence-corrected chi connectivity index (χ3v) is 4.36. The Kier molecular flexibility index (Phi) is 3.83. The first kappa shape index (κ1) is 12.7. The fourth-order valence-electron chi connectivity index (χ4n) is 3.31. The first-order valence-electron chi connectivity index (χ1n) is 7.23. The predicted octanol–water partition coefficient (Wildman–Crippen LogP) is 2.61. The first-order chi connectivity index (χ1) is 9.38. The molecule has 3 nitrogen and oxygen atoms in total. The highest BCUT2D eigenvalue weighted by molar-refractivity contribution is 5.63. The van der Waals surface area contributed by atoms with Gasteiger partial charge in [-0.05, 0) is 30.4 Å². The quantitative estimate of drug-likeness (QED) is 0.778. The number of hydrogen-bond acceptors (Lipinski definition) is 3. The number of carbonyl (C=O) groups excluding carboxylic acids is 1. The van der Waals surface area contributed by atoms with Gasteiger partial charge < -0.3 is 14.4 Å². The molecule has 0 aromatic heterocycles. The van der Waals surface area contributed by atoms with Gasteiger partial charge in [0, 0.05) is 44.3 Å². The summed E-state index contributed by atoms with van der Waals surface area (Å²) < 4.78 is 5.43. The average molecular weight is 259 g/mol. The van der Waals surface area contributed by atoms with Crippen molar-refractivity contribution in [3.63, 3.8) is 0 Å². The molecule has 0 aliphatic carbocycles. The Morgan fingerprint density at radius 2 is 2.05 bits per heavy atom. The number of anilines is 1. The molecular formula is C16H21NO2. The Morgan fingerprint density at radius 1 is 1.26 bits per heavy atom. The van der Waals surface area contributed by atoms with Crippen molar-refractivity contribution in [1.82, 2.24) is 0 Å². The topological polar surface area (TPSA) is 29.5 Å². The molecule has 0 spiro atoms. The smallest absolute Gasteiger partial charge is 0.120 e. The van der Waals surface area contributed by atoms with Crippen molar-refractivity contribution >= 4 is 12.0 Å². The van der Waals surface area contributed by atoms with Gasteiger partial charge in [0.1, 0.15) is 6.29 Å². The Hall–Kier alpha value is -1.35. The predicted molar refractivity (Wildman–Crippen MR) is 75.6 cm³/mol. The average Bonchev–Trinajstić information content (AvgIpc) is 2.79. The number of nitrogens with zero attached hydrogens (tertiary/aromatic N) is 1. The first-order valence-corrected chi connectivity index (χ1v) is 7.23. The van der Waals surface area contributed by atoms with E-state index in [0.29, 0.717) is 12.3 Å². The van der Waals surface area contributed by atoms with E-state index in [-0.39, 0.29) is 0 Å². The molecule has 1 aromatic carbocycles. The number of carbonyl (C=O) groups is 1. The third-order valence-electron chi connectivity index (χ3n) is 4.36. The summed E-state index contributed by atoms with van der Waals surface area (Å²) in [7, 11) is 0. The molecule has 1 unspecified atom stereocenters. The van der Waals surface area contributed by atoms with Crippen molar-refractivity contribution in [2.24, 2.45) is 5.92 Å². The summed E-state index contributed by atoms with van der Waals surface area (Å²) in [6, 6.07) is 8.54. The summed E-state index contributed by atoms with van der Waals surface area (Å²) in [5, 5.41) is 0. The van der Waals surface area contributed by atoms with Crippen molar-refractivity contribution in [2.45, 2.75) is 25.2 Å². The lowest BCUT2D eigenvalue weighted by molar-refractivity contribution is -0.108. The highest BCUT2D eigenvalue weighted by Crippen LogP contribution is 2.38. The highest BCUT2D eigenvalue weighted by Gasteiger charge is 2.29. The van der Waals surface area contributed by atoms with Gasteiger partial charge in [-0.3, -0.25) is 0 Å². The molecule has 102 valence electrons. The van der Waals surface area contributed by atoms with Gasteiger partial charge in [-0.15, -0.1) is 0 Å². The molecule has 1 atom stereocenters. The van der Waals surface area contributed by atoms with E-state index in [9.17, 15) is 4.79 Å². The fraction of sp³-hybridized carbons (Fsp3) is 0.562. The van der Waals surface area contributed by atoms with E-state index < -0.39 is 0 Å². The van der Waals surface area contributed by atoms with Crippen LogP contribution in [0.3, 0.4) is 0 Å². The molecule has 0 N–H and O–H groups in total. The van der Waals surface area contributed by atoms with Gasteiger partial charge in [-0.2, -0.15) is 0 Å². The Balaban J connectivity index is 1.74. The second-order valence-corrected chi connectivity index (χ2v) is 5.62. The van der Waals surface area contributed by atoms with E-state index in [1.807, 2.05) is 0 Å². The summed E-state index contributed by atoms with van der Waals surface area (Å²) in [6.45, 7) is 3.90. The van der Waals surface area contributed by atoms with E-state index in [2.05, 4.69) is 29.2 Å². The molecule has 1 saturated heterocycles. The standard InChI is InChI=1S/C16H21NO2/c18-8-5-14-12-17(11-13-6-9-19-10-7-13)16-4-2-1-3-15(14)16/h1-4,8,13-14H,5-7,9-12H2. The van der Waals surface area contributed by atoms with Crippen LogP contribution in [0.1, 0.15) is 30.7 Å². The SMILES string of the molecule is O=CCC1CN(CC2CCOCC2)c2ccccc21. The van der Waals surface area contributed by atoms with Gasteiger partial charge in [0.2, 0.25) is 0 Å². The van der Waals surface area contributed by atoms with Crippen molar-refractivity contribution < 1.29 is 9.53 Å². The van der Waals surface area contributed by atoms with Gasteiger partial charge in [0.05, 0.1) is 0 Å². The second kappa shape index (κ2) is 5.74. The summed E-state index contributed by atoms with van der Waals surface area (Å²) >= 11 is 0. The summed E-state index contributed by atoms with van der Waals surface area (Å²) in [5.74, 6) is 1.12. The summed E-state index contributed by atoms with van der Waals surface area (Å²) in [5.41, 5.74) is 2.68. The minimum atomic E-state index is 0.383. The molecule has 2 aliphatic heterocycles. The van der Waals surface area contributed by atoms with E-state index in [4.69, 9.17) is 4.74 Å². The Bertz CT molecular complexity index is 440. The maximum Gasteiger partial charge on any atom is 0.120 e. The molecule has 2 aliphatic rings.